The van der Waals surface area contributed by atoms with Crippen molar-refractivity contribution in [3.63, 3.8) is 0 Å². The molecule has 1 N–H and O–H groups in total. The molecule has 2 fully saturated rings. The van der Waals surface area contributed by atoms with Gasteiger partial charge in [-0.3, -0.25) is 4.90 Å². The normalized spacial score (nSPS) is 21.3. The number of nitrogens with one attached hydrogen (secondary N) is 1. The third-order valence-electron chi connectivity index (χ3n) is 4.39. The van der Waals surface area contributed by atoms with Crippen LogP contribution in [-0.2, 0) is 6.42 Å². The van der Waals surface area contributed by atoms with Crippen LogP contribution in [0.4, 0.5) is 5.13 Å². The number of piperazine rings is 1. The van der Waals surface area contributed by atoms with E-state index in [0.717, 1.165) is 36.4 Å². The van der Waals surface area contributed by atoms with Gasteiger partial charge in [0.15, 0.2) is 0 Å². The fourth-order valence-electron chi connectivity index (χ4n) is 3.07. The molecule has 0 aliphatic carbocycles. The van der Waals surface area contributed by atoms with Crippen molar-refractivity contribution in [3.05, 3.63) is 5.82 Å². The second kappa shape index (κ2) is 8.27. The van der Waals surface area contributed by atoms with Gasteiger partial charge >= 0.3 is 0 Å². The average molecular weight is 332 g/mol. The summed E-state index contributed by atoms with van der Waals surface area (Å²) in [6.07, 6.45) is 3.62. The molecule has 0 bridgehead atoms. The van der Waals surface area contributed by atoms with Gasteiger partial charge in [0, 0.05) is 50.7 Å². The van der Waals surface area contributed by atoms with E-state index in [1.807, 2.05) is 0 Å². The Kier molecular flexibility index (Phi) is 6.67. The molecule has 0 saturated carbocycles. The van der Waals surface area contributed by atoms with Gasteiger partial charge in [-0.25, -0.2) is 4.98 Å². The van der Waals surface area contributed by atoms with E-state index in [0.29, 0.717) is 0 Å². The zero-order valence-electron chi connectivity index (χ0n) is 12.8. The van der Waals surface area contributed by atoms with Gasteiger partial charge in [0.1, 0.15) is 5.82 Å². The van der Waals surface area contributed by atoms with Gasteiger partial charge in [0.2, 0.25) is 5.13 Å². The second-order valence-corrected chi connectivity index (χ2v) is 6.56. The standard InChI is InChI=1S/C14H25N5S.ClH/c1-2-13-16-14(20-17-13)19-9-7-18(8-10-19)11-12-3-5-15-6-4-12;/h12,15H,2-11H2,1H3;1H. The summed E-state index contributed by atoms with van der Waals surface area (Å²) in [7, 11) is 0. The molecular formula is C14H26ClN5S. The van der Waals surface area contributed by atoms with Crippen molar-refractivity contribution in [2.24, 2.45) is 5.92 Å². The summed E-state index contributed by atoms with van der Waals surface area (Å²) in [6.45, 7) is 10.3. The minimum absolute atomic E-state index is 0. The van der Waals surface area contributed by atoms with E-state index in [-0.39, 0.29) is 12.4 Å². The Morgan fingerprint density at radius 2 is 1.90 bits per heavy atom. The van der Waals surface area contributed by atoms with Crippen LogP contribution in [-0.4, -0.2) is 60.1 Å². The molecule has 5 nitrogen and oxygen atoms in total. The molecule has 0 spiro atoms. The van der Waals surface area contributed by atoms with Crippen molar-refractivity contribution in [1.82, 2.24) is 19.6 Å². The summed E-state index contributed by atoms with van der Waals surface area (Å²) in [5, 5.41) is 4.56. The number of piperidine rings is 1. The van der Waals surface area contributed by atoms with Crippen LogP contribution in [0, 0.1) is 5.92 Å². The van der Waals surface area contributed by atoms with E-state index in [1.165, 1.54) is 45.6 Å². The van der Waals surface area contributed by atoms with E-state index in [1.54, 1.807) is 11.5 Å². The Morgan fingerprint density at radius 3 is 2.52 bits per heavy atom. The number of nitrogens with zero attached hydrogens (tertiary/aromatic N) is 4. The highest BCUT2D eigenvalue weighted by molar-refractivity contribution is 7.09. The van der Waals surface area contributed by atoms with Crippen molar-refractivity contribution in [1.29, 1.82) is 0 Å². The van der Waals surface area contributed by atoms with Crippen molar-refractivity contribution >= 4 is 29.1 Å². The predicted octanol–water partition coefficient (Wildman–Crippen LogP) is 1.64. The molecule has 21 heavy (non-hydrogen) atoms. The molecule has 120 valence electrons. The van der Waals surface area contributed by atoms with E-state index in [9.17, 15) is 0 Å². The first-order chi connectivity index (χ1) is 9.85. The minimum atomic E-state index is 0. The van der Waals surface area contributed by atoms with Crippen LogP contribution in [0.1, 0.15) is 25.6 Å². The first-order valence-corrected chi connectivity index (χ1v) is 8.63. The fourth-order valence-corrected chi connectivity index (χ4v) is 3.87. The quantitative estimate of drug-likeness (QED) is 0.908. The summed E-state index contributed by atoms with van der Waals surface area (Å²) < 4.78 is 4.39. The summed E-state index contributed by atoms with van der Waals surface area (Å²) in [5.74, 6) is 1.89. The van der Waals surface area contributed by atoms with Crippen LogP contribution >= 0.6 is 23.9 Å². The van der Waals surface area contributed by atoms with Gasteiger partial charge in [-0.15, -0.1) is 12.4 Å². The molecule has 1 aromatic rings. The lowest BCUT2D eigenvalue weighted by atomic mass is 9.97. The topological polar surface area (TPSA) is 44.3 Å². The van der Waals surface area contributed by atoms with Crippen LogP contribution in [0.2, 0.25) is 0 Å². The van der Waals surface area contributed by atoms with Gasteiger partial charge in [-0.2, -0.15) is 4.37 Å². The summed E-state index contributed by atoms with van der Waals surface area (Å²) in [6, 6.07) is 0. The maximum Gasteiger partial charge on any atom is 0.205 e. The molecule has 3 heterocycles. The monoisotopic (exact) mass is 331 g/mol. The fraction of sp³-hybridized carbons (Fsp3) is 0.857. The molecule has 2 aliphatic rings. The Labute approximate surface area is 137 Å². The maximum atomic E-state index is 4.60. The molecule has 2 aliphatic heterocycles. The molecule has 1 aromatic heterocycles. The molecule has 7 heteroatoms. The van der Waals surface area contributed by atoms with Crippen LogP contribution in [0.3, 0.4) is 0 Å². The van der Waals surface area contributed by atoms with Crippen LogP contribution in [0.15, 0.2) is 0 Å². The highest BCUT2D eigenvalue weighted by atomic mass is 35.5. The number of anilines is 1. The van der Waals surface area contributed by atoms with Gasteiger partial charge < -0.3 is 10.2 Å². The van der Waals surface area contributed by atoms with Crippen molar-refractivity contribution in [2.75, 3.05) is 50.7 Å². The Balaban J connectivity index is 0.00000161. The van der Waals surface area contributed by atoms with Crippen LogP contribution in [0.5, 0.6) is 0 Å². The highest BCUT2D eigenvalue weighted by Crippen LogP contribution is 2.20. The molecule has 0 amide bonds. The predicted molar refractivity (Wildman–Crippen MR) is 90.8 cm³/mol. The molecule has 2 saturated heterocycles. The lowest BCUT2D eigenvalue weighted by Crippen LogP contribution is -2.48. The number of hydrogen-bond acceptors (Lipinski definition) is 6. The number of halogens is 1. The van der Waals surface area contributed by atoms with Crippen molar-refractivity contribution < 1.29 is 0 Å². The number of aryl methyl sites for hydroxylation is 1. The maximum absolute atomic E-state index is 4.60. The minimum Gasteiger partial charge on any atom is -0.344 e. The smallest absolute Gasteiger partial charge is 0.205 e. The SMILES string of the molecule is CCc1nsc(N2CCN(CC3CCNCC3)CC2)n1.Cl. The van der Waals surface area contributed by atoms with E-state index >= 15 is 0 Å². The first-order valence-electron chi connectivity index (χ1n) is 7.85. The van der Waals surface area contributed by atoms with Gasteiger partial charge in [-0.1, -0.05) is 6.92 Å². The van der Waals surface area contributed by atoms with E-state index in [4.69, 9.17) is 0 Å². The van der Waals surface area contributed by atoms with Gasteiger partial charge in [0.05, 0.1) is 0 Å². The molecular weight excluding hydrogens is 306 g/mol. The number of hydrogen-bond donors (Lipinski definition) is 1. The zero-order valence-corrected chi connectivity index (χ0v) is 14.4. The molecule has 0 unspecified atom stereocenters. The van der Waals surface area contributed by atoms with Crippen LogP contribution in [0.25, 0.3) is 0 Å². The zero-order chi connectivity index (χ0) is 13.8. The van der Waals surface area contributed by atoms with Crippen molar-refractivity contribution in [2.45, 2.75) is 26.2 Å². The Bertz CT molecular complexity index is 413. The number of rotatable bonds is 4. The number of aromatic nitrogens is 2. The Hall–Kier alpha value is -0.430. The third kappa shape index (κ3) is 4.52. The summed E-state index contributed by atoms with van der Waals surface area (Å²) >= 11 is 1.56. The van der Waals surface area contributed by atoms with E-state index in [2.05, 4.69) is 31.4 Å². The molecule has 0 atom stereocenters. The van der Waals surface area contributed by atoms with E-state index < -0.39 is 0 Å². The lowest BCUT2D eigenvalue weighted by Gasteiger charge is -2.37. The third-order valence-corrected chi connectivity index (χ3v) is 5.21. The lowest BCUT2D eigenvalue weighted by molar-refractivity contribution is 0.196. The summed E-state index contributed by atoms with van der Waals surface area (Å²) in [5.41, 5.74) is 0. The molecule has 0 radical (unpaired) electrons. The highest BCUT2D eigenvalue weighted by Gasteiger charge is 2.22. The molecule has 3 rings (SSSR count). The average Bonchev–Trinajstić information content (AvgIpc) is 2.98. The summed E-state index contributed by atoms with van der Waals surface area (Å²) in [4.78, 5) is 9.63. The van der Waals surface area contributed by atoms with Crippen LogP contribution < -0.4 is 10.2 Å². The molecule has 0 aromatic carbocycles. The second-order valence-electron chi connectivity index (χ2n) is 5.83. The van der Waals surface area contributed by atoms with Gasteiger partial charge in [0.25, 0.3) is 0 Å². The van der Waals surface area contributed by atoms with Gasteiger partial charge in [-0.05, 0) is 31.8 Å². The first kappa shape index (κ1) is 16.9. The largest absolute Gasteiger partial charge is 0.344 e. The Morgan fingerprint density at radius 1 is 1.19 bits per heavy atom. The van der Waals surface area contributed by atoms with Crippen molar-refractivity contribution in [3.8, 4) is 0 Å².